The molecule has 1 aromatic rings. The highest BCUT2D eigenvalue weighted by molar-refractivity contribution is 7.88. The van der Waals surface area contributed by atoms with Crippen molar-refractivity contribution in [2.45, 2.75) is 18.6 Å². The summed E-state index contributed by atoms with van der Waals surface area (Å²) in [6.07, 6.45) is 7.46. The molecule has 0 spiro atoms. The molecule has 5 heteroatoms. The third-order valence-corrected chi connectivity index (χ3v) is 7.68. The predicted octanol–water partition coefficient (Wildman–Crippen LogP) is 2.35. The van der Waals surface area contributed by atoms with Crippen molar-refractivity contribution in [3.63, 3.8) is 0 Å². The number of piperazine rings is 1. The van der Waals surface area contributed by atoms with E-state index in [1.807, 2.05) is 30.3 Å². The molecule has 1 saturated heterocycles. The number of hydrogen-bond donors (Lipinski definition) is 0. The molecule has 0 aromatic heterocycles. The highest BCUT2D eigenvalue weighted by Crippen LogP contribution is 2.43. The Bertz CT molecular complexity index is 693. The van der Waals surface area contributed by atoms with Crippen LogP contribution in [0.5, 0.6) is 0 Å². The van der Waals surface area contributed by atoms with Gasteiger partial charge in [-0.3, -0.25) is 0 Å². The second-order valence-corrected chi connectivity index (χ2v) is 9.45. The van der Waals surface area contributed by atoms with Gasteiger partial charge in [-0.25, -0.2) is 8.42 Å². The molecule has 130 valence electrons. The summed E-state index contributed by atoms with van der Waals surface area (Å²) in [6.45, 7) is 4.13. The van der Waals surface area contributed by atoms with Crippen molar-refractivity contribution in [3.8, 4) is 0 Å². The zero-order valence-corrected chi connectivity index (χ0v) is 14.9. The van der Waals surface area contributed by atoms with Crippen LogP contribution in [0.3, 0.4) is 0 Å². The number of nitrogens with zero attached hydrogens (tertiary/aromatic N) is 2. The lowest BCUT2D eigenvalue weighted by Crippen LogP contribution is -2.50. The summed E-state index contributed by atoms with van der Waals surface area (Å²) in [5.74, 6) is 2.49. The van der Waals surface area contributed by atoms with Crippen molar-refractivity contribution in [1.82, 2.24) is 9.21 Å². The molecule has 0 amide bonds. The number of fused-ring (bicyclic) bond motifs is 2. The third-order valence-electron chi connectivity index (χ3n) is 5.83. The maximum absolute atomic E-state index is 12.6. The normalized spacial score (nSPS) is 30.9. The topological polar surface area (TPSA) is 40.6 Å². The molecule has 1 aromatic carbocycles. The summed E-state index contributed by atoms with van der Waals surface area (Å²) in [5.41, 5.74) is 0.869. The highest BCUT2D eigenvalue weighted by atomic mass is 32.2. The van der Waals surface area contributed by atoms with Gasteiger partial charge in [0, 0.05) is 32.7 Å². The molecule has 24 heavy (non-hydrogen) atoms. The van der Waals surface area contributed by atoms with Gasteiger partial charge in [-0.1, -0.05) is 42.5 Å². The molecule has 4 rings (SSSR count). The van der Waals surface area contributed by atoms with Crippen molar-refractivity contribution in [3.05, 3.63) is 48.0 Å². The Morgan fingerprint density at radius 1 is 0.958 bits per heavy atom. The molecule has 3 atom stereocenters. The Balaban J connectivity index is 1.30. The zero-order chi connectivity index (χ0) is 16.6. The number of rotatable bonds is 5. The first-order valence-corrected chi connectivity index (χ1v) is 10.6. The van der Waals surface area contributed by atoms with E-state index in [1.165, 1.54) is 12.8 Å². The molecule has 0 radical (unpaired) electrons. The van der Waals surface area contributed by atoms with Crippen LogP contribution in [0.1, 0.15) is 18.4 Å². The summed E-state index contributed by atoms with van der Waals surface area (Å²) in [6, 6.07) is 9.48. The van der Waals surface area contributed by atoms with Crippen LogP contribution in [0.2, 0.25) is 0 Å². The molecule has 0 N–H and O–H groups in total. The van der Waals surface area contributed by atoms with Gasteiger partial charge in [0.2, 0.25) is 10.0 Å². The quantitative estimate of drug-likeness (QED) is 0.769. The maximum Gasteiger partial charge on any atom is 0.218 e. The fraction of sp³-hybridized carbons (Fsp3) is 0.579. The smallest absolute Gasteiger partial charge is 0.218 e. The lowest BCUT2D eigenvalue weighted by atomic mass is 9.93. The van der Waals surface area contributed by atoms with E-state index in [0.29, 0.717) is 13.1 Å². The largest absolute Gasteiger partial charge is 0.300 e. The first kappa shape index (κ1) is 16.3. The predicted molar refractivity (Wildman–Crippen MR) is 95.9 cm³/mol. The molecule has 2 bridgehead atoms. The monoisotopic (exact) mass is 346 g/mol. The van der Waals surface area contributed by atoms with Crippen LogP contribution in [0.15, 0.2) is 42.5 Å². The first-order valence-electron chi connectivity index (χ1n) is 9.02. The Morgan fingerprint density at radius 3 is 2.33 bits per heavy atom. The van der Waals surface area contributed by atoms with Crippen molar-refractivity contribution < 1.29 is 8.42 Å². The van der Waals surface area contributed by atoms with Gasteiger partial charge in [0.15, 0.2) is 0 Å². The van der Waals surface area contributed by atoms with Crippen LogP contribution in [0.25, 0.3) is 0 Å². The van der Waals surface area contributed by atoms with Gasteiger partial charge in [0.05, 0.1) is 5.75 Å². The van der Waals surface area contributed by atoms with E-state index in [2.05, 4.69) is 17.1 Å². The molecule has 2 fully saturated rings. The Kier molecular flexibility index (Phi) is 4.50. The minimum atomic E-state index is -3.20. The molecule has 1 aliphatic heterocycles. The van der Waals surface area contributed by atoms with Crippen LogP contribution in [-0.2, 0) is 15.8 Å². The minimum absolute atomic E-state index is 0.116. The van der Waals surface area contributed by atoms with Crippen molar-refractivity contribution in [2.75, 3.05) is 32.7 Å². The first-order chi connectivity index (χ1) is 11.6. The van der Waals surface area contributed by atoms with Crippen LogP contribution < -0.4 is 0 Å². The number of sulfonamides is 1. The molecule has 3 unspecified atom stereocenters. The van der Waals surface area contributed by atoms with Gasteiger partial charge < -0.3 is 4.90 Å². The summed E-state index contributed by atoms with van der Waals surface area (Å²) in [4.78, 5) is 2.47. The van der Waals surface area contributed by atoms with E-state index < -0.39 is 10.0 Å². The minimum Gasteiger partial charge on any atom is -0.300 e. The summed E-state index contributed by atoms with van der Waals surface area (Å²) in [5, 5.41) is 0. The molecule has 1 saturated carbocycles. The molecule has 1 heterocycles. The fourth-order valence-corrected chi connectivity index (χ4v) is 6.02. The summed E-state index contributed by atoms with van der Waals surface area (Å²) < 4.78 is 26.9. The van der Waals surface area contributed by atoms with Crippen LogP contribution in [0, 0.1) is 17.8 Å². The molecular weight excluding hydrogens is 320 g/mol. The van der Waals surface area contributed by atoms with Crippen LogP contribution in [0.4, 0.5) is 0 Å². The van der Waals surface area contributed by atoms with E-state index in [0.717, 1.165) is 43.0 Å². The molecule has 4 nitrogen and oxygen atoms in total. The Hall–Kier alpha value is -1.17. The van der Waals surface area contributed by atoms with Gasteiger partial charge in [-0.15, -0.1) is 0 Å². The molecule has 2 aliphatic carbocycles. The maximum atomic E-state index is 12.6. The lowest BCUT2D eigenvalue weighted by Gasteiger charge is -2.36. The highest BCUT2D eigenvalue weighted by Gasteiger charge is 2.37. The Morgan fingerprint density at radius 2 is 1.71 bits per heavy atom. The molecule has 3 aliphatic rings. The average Bonchev–Trinajstić information content (AvgIpc) is 3.19. The van der Waals surface area contributed by atoms with E-state index >= 15 is 0 Å². The fourth-order valence-electron chi connectivity index (χ4n) is 4.50. The average molecular weight is 346 g/mol. The van der Waals surface area contributed by atoms with Crippen LogP contribution in [-0.4, -0.2) is 50.3 Å². The van der Waals surface area contributed by atoms with E-state index in [1.54, 1.807) is 4.31 Å². The lowest BCUT2D eigenvalue weighted by molar-refractivity contribution is 0.156. The Labute approximate surface area is 145 Å². The van der Waals surface area contributed by atoms with Crippen molar-refractivity contribution >= 4 is 10.0 Å². The summed E-state index contributed by atoms with van der Waals surface area (Å²) >= 11 is 0. The number of allylic oxidation sites excluding steroid dienone is 2. The van der Waals surface area contributed by atoms with Gasteiger partial charge >= 0.3 is 0 Å². The van der Waals surface area contributed by atoms with Gasteiger partial charge in [0.25, 0.3) is 0 Å². The van der Waals surface area contributed by atoms with E-state index in [4.69, 9.17) is 0 Å². The number of benzene rings is 1. The standard InChI is InChI=1S/C19H26N2O2S/c22-24(23,15-16-4-2-1-3-5-16)21-10-8-20(9-11-21)14-19-13-17-6-7-18(19)12-17/h1-7,17-19H,8-15H2. The van der Waals surface area contributed by atoms with Crippen LogP contribution >= 0.6 is 0 Å². The van der Waals surface area contributed by atoms with Gasteiger partial charge in [0.1, 0.15) is 0 Å². The second-order valence-electron chi connectivity index (χ2n) is 7.48. The van der Waals surface area contributed by atoms with Crippen molar-refractivity contribution in [2.24, 2.45) is 17.8 Å². The molecular formula is C19H26N2O2S. The van der Waals surface area contributed by atoms with Gasteiger partial charge in [-0.05, 0) is 36.2 Å². The van der Waals surface area contributed by atoms with Gasteiger partial charge in [-0.2, -0.15) is 4.31 Å². The van der Waals surface area contributed by atoms with Crippen molar-refractivity contribution in [1.29, 1.82) is 0 Å². The van der Waals surface area contributed by atoms with E-state index in [-0.39, 0.29) is 5.75 Å². The second kappa shape index (κ2) is 6.62. The number of hydrogen-bond acceptors (Lipinski definition) is 3. The third kappa shape index (κ3) is 3.44. The summed E-state index contributed by atoms with van der Waals surface area (Å²) in [7, 11) is -3.20. The van der Waals surface area contributed by atoms with E-state index in [9.17, 15) is 8.42 Å². The zero-order valence-electron chi connectivity index (χ0n) is 14.0. The SMILES string of the molecule is O=S(=O)(Cc1ccccc1)N1CCN(CC2CC3C=CC2C3)CC1.